The number of aliphatic carboxylic acids is 2. The molecule has 0 rings (SSSR count). The Kier molecular flexibility index (Phi) is 32.7. The molecule has 10 heteroatoms. The largest absolute Gasteiger partial charge is 1.00 e. The minimum absolute atomic E-state index is 0. The zero-order chi connectivity index (χ0) is 27.3. The molecule has 0 aromatic heterocycles. The quantitative estimate of drug-likeness (QED) is 0.0782. The van der Waals surface area contributed by atoms with E-state index in [2.05, 4.69) is 13.8 Å². The molecule has 0 aliphatic rings. The number of unbranched alkanes of at least 4 members (excludes halogenated alkanes) is 18. The van der Waals surface area contributed by atoms with E-state index < -0.39 is 32.7 Å². The van der Waals surface area contributed by atoms with Crippen LogP contribution in [0.3, 0.4) is 0 Å². The summed E-state index contributed by atoms with van der Waals surface area (Å²) in [5.41, 5.74) is -2.19. The fourth-order valence-corrected chi connectivity index (χ4v) is 6.33. The second-order valence-corrected chi connectivity index (χ2v) is 12.0. The van der Waals surface area contributed by atoms with Gasteiger partial charge >= 0.3 is 103 Å². The van der Waals surface area contributed by atoms with Gasteiger partial charge in [-0.25, -0.2) is 0 Å². The van der Waals surface area contributed by atoms with Crippen molar-refractivity contribution in [3.05, 3.63) is 0 Å². The molecule has 0 aromatic rings. The van der Waals surface area contributed by atoms with E-state index in [4.69, 9.17) is 0 Å². The van der Waals surface area contributed by atoms with E-state index in [-0.39, 0.29) is 116 Å². The molecule has 0 spiro atoms. The maximum absolute atomic E-state index is 12.2. The van der Waals surface area contributed by atoms with Crippen molar-refractivity contribution < 1.29 is 136 Å². The molecular formula is C28H52K2O7S. The normalized spacial score (nSPS) is 12.4. The van der Waals surface area contributed by atoms with Gasteiger partial charge in [0, 0.05) is 11.4 Å². The molecule has 0 aromatic carbocycles. The molecule has 0 amide bonds. The molecule has 0 heterocycles. The predicted molar refractivity (Wildman–Crippen MR) is 141 cm³/mol. The Morgan fingerprint density at radius 3 is 1.08 bits per heavy atom. The first-order valence-corrected chi connectivity index (χ1v) is 16.0. The van der Waals surface area contributed by atoms with E-state index in [9.17, 15) is 32.8 Å². The van der Waals surface area contributed by atoms with Crippen LogP contribution in [0.1, 0.15) is 155 Å². The number of carboxylic acid groups (broad SMARTS) is 2. The third kappa shape index (κ3) is 20.9. The van der Waals surface area contributed by atoms with Gasteiger partial charge in [0.1, 0.15) is 5.25 Å². The van der Waals surface area contributed by atoms with E-state index in [0.29, 0.717) is 25.7 Å². The van der Waals surface area contributed by atoms with Crippen molar-refractivity contribution in [3.63, 3.8) is 0 Å². The summed E-state index contributed by atoms with van der Waals surface area (Å²) in [6, 6.07) is 0. The van der Waals surface area contributed by atoms with Gasteiger partial charge in [0.15, 0.2) is 0 Å². The van der Waals surface area contributed by atoms with Gasteiger partial charge in [-0.05, 0) is 12.8 Å². The van der Waals surface area contributed by atoms with E-state index in [1.807, 2.05) is 0 Å². The Labute approximate surface area is 318 Å². The molecule has 7 nitrogen and oxygen atoms in total. The predicted octanol–water partition coefficient (Wildman–Crippen LogP) is -0.641. The summed E-state index contributed by atoms with van der Waals surface area (Å²) in [4.78, 5) is 23.9. The average molecular weight is 611 g/mol. The second kappa shape index (κ2) is 27.9. The molecule has 38 heavy (non-hydrogen) atoms. The zero-order valence-corrected chi connectivity index (χ0v) is 32.0. The standard InChI is InChI=1S/C28H54O7S.2K/c1-3-5-7-9-11-13-15-17-19-21-23-28(27(31)32,25(26(29)30)36(33,34)35)24-22-20-18-16-14-12-10-8-6-4-2;;/h25H,3-24H2,1-2H3,(H,29,30)(H,31,32)(H,33,34,35);;/q;2*+1/p-2. The fourth-order valence-electron chi connectivity index (χ4n) is 5.19. The molecule has 1 atom stereocenters. The number of carbonyl (C=O) groups is 2. The van der Waals surface area contributed by atoms with Crippen LogP contribution in [0.4, 0.5) is 0 Å². The van der Waals surface area contributed by atoms with Gasteiger partial charge in [0.2, 0.25) is 0 Å². The van der Waals surface area contributed by atoms with Crippen molar-refractivity contribution in [2.75, 3.05) is 0 Å². The molecule has 0 saturated carbocycles. The van der Waals surface area contributed by atoms with Crippen LogP contribution in [0, 0.1) is 5.41 Å². The van der Waals surface area contributed by atoms with Crippen LogP contribution < -0.4 is 113 Å². The molecule has 0 saturated heterocycles. The summed E-state index contributed by atoms with van der Waals surface area (Å²) in [7, 11) is -5.17. The topological polar surface area (TPSA) is 135 Å². The van der Waals surface area contributed by atoms with Gasteiger partial charge in [-0.3, -0.25) is 4.55 Å². The summed E-state index contributed by atoms with van der Waals surface area (Å²) in [6.45, 7) is 4.35. The Bertz CT molecular complexity index is 663. The first-order chi connectivity index (χ1) is 17.1. The van der Waals surface area contributed by atoms with Gasteiger partial charge in [-0.15, -0.1) is 0 Å². The van der Waals surface area contributed by atoms with Gasteiger partial charge in [-0.1, -0.05) is 142 Å². The van der Waals surface area contributed by atoms with Gasteiger partial charge in [-0.2, -0.15) is 8.42 Å². The van der Waals surface area contributed by atoms with E-state index in [1.54, 1.807) is 0 Å². The van der Waals surface area contributed by atoms with Gasteiger partial charge in [0.05, 0.1) is 5.97 Å². The molecule has 0 bridgehead atoms. The van der Waals surface area contributed by atoms with Crippen molar-refractivity contribution in [3.8, 4) is 0 Å². The Hall–Kier alpha value is 2.12. The number of carbonyl (C=O) groups excluding carboxylic acids is 2. The molecular weight excluding hydrogens is 559 g/mol. The van der Waals surface area contributed by atoms with Crippen LogP contribution in [-0.2, 0) is 19.7 Å². The van der Waals surface area contributed by atoms with Crippen LogP contribution in [0.2, 0.25) is 0 Å². The number of hydrogen-bond acceptors (Lipinski definition) is 6. The monoisotopic (exact) mass is 610 g/mol. The first kappa shape index (κ1) is 44.6. The second-order valence-electron chi connectivity index (χ2n) is 10.5. The third-order valence-corrected chi connectivity index (χ3v) is 8.61. The summed E-state index contributed by atoms with van der Waals surface area (Å²) in [6.07, 6.45) is 19.8. The fraction of sp³-hybridized carbons (Fsp3) is 0.929. The minimum atomic E-state index is -5.17. The van der Waals surface area contributed by atoms with Crippen LogP contribution in [0.25, 0.3) is 0 Å². The summed E-state index contributed by atoms with van der Waals surface area (Å²) in [5, 5.41) is 21.4. The van der Waals surface area contributed by atoms with Crippen molar-refractivity contribution in [2.45, 2.75) is 160 Å². The molecule has 0 fully saturated rings. The van der Waals surface area contributed by atoms with Crippen molar-refractivity contribution in [1.29, 1.82) is 0 Å². The Morgan fingerprint density at radius 2 is 0.868 bits per heavy atom. The van der Waals surface area contributed by atoms with Gasteiger partial charge < -0.3 is 19.8 Å². The Balaban J connectivity index is -0.00000612. The van der Waals surface area contributed by atoms with Crippen LogP contribution in [-0.4, -0.2) is 30.2 Å². The van der Waals surface area contributed by atoms with Gasteiger partial charge in [0.25, 0.3) is 10.1 Å². The van der Waals surface area contributed by atoms with Crippen molar-refractivity contribution in [2.24, 2.45) is 5.41 Å². The number of carboxylic acids is 2. The molecule has 0 aliphatic carbocycles. The SMILES string of the molecule is CCCCCCCCCCCCC(CCCCCCCCCCCC)(C(=O)[O-])C(C(=O)[O-])S(=O)(=O)O.[K+].[K+]. The first-order valence-electron chi connectivity index (χ1n) is 14.5. The maximum Gasteiger partial charge on any atom is 1.00 e. The zero-order valence-electron chi connectivity index (χ0n) is 24.9. The van der Waals surface area contributed by atoms with E-state index in [0.717, 1.165) is 51.4 Å². The summed E-state index contributed by atoms with van der Waals surface area (Å²) < 4.78 is 33.5. The number of hydrogen-bond donors (Lipinski definition) is 1. The molecule has 0 radical (unpaired) electrons. The average Bonchev–Trinajstić information content (AvgIpc) is 2.79. The number of rotatable bonds is 26. The van der Waals surface area contributed by atoms with E-state index in [1.165, 1.54) is 51.4 Å². The molecule has 214 valence electrons. The Morgan fingerprint density at radius 1 is 0.605 bits per heavy atom. The molecule has 0 aliphatic heterocycles. The minimum Gasteiger partial charge on any atom is -0.549 e. The summed E-state index contributed by atoms with van der Waals surface area (Å²) in [5.74, 6) is -3.82. The van der Waals surface area contributed by atoms with Crippen LogP contribution in [0.5, 0.6) is 0 Å². The summed E-state index contributed by atoms with van der Waals surface area (Å²) >= 11 is 0. The van der Waals surface area contributed by atoms with Crippen LogP contribution >= 0.6 is 0 Å². The molecule has 1 unspecified atom stereocenters. The van der Waals surface area contributed by atoms with Crippen molar-refractivity contribution in [1.82, 2.24) is 0 Å². The van der Waals surface area contributed by atoms with Crippen molar-refractivity contribution >= 4 is 22.1 Å². The van der Waals surface area contributed by atoms with Crippen LogP contribution in [0.15, 0.2) is 0 Å². The smallest absolute Gasteiger partial charge is 0.549 e. The van der Waals surface area contributed by atoms with E-state index >= 15 is 0 Å². The maximum atomic E-state index is 12.2. The molecule has 1 N–H and O–H groups in total. The third-order valence-electron chi connectivity index (χ3n) is 7.37.